The lowest BCUT2D eigenvalue weighted by molar-refractivity contribution is -0.914. The van der Waals surface area contributed by atoms with E-state index in [-0.39, 0.29) is 0 Å². The summed E-state index contributed by atoms with van der Waals surface area (Å²) in [6, 6.07) is 14.0. The second-order valence-electron chi connectivity index (χ2n) is 7.75. The number of nitrogens with one attached hydrogen (secondary N) is 1. The van der Waals surface area contributed by atoms with Crippen LogP contribution in [-0.2, 0) is 12.7 Å². The summed E-state index contributed by atoms with van der Waals surface area (Å²) < 4.78 is 40.3. The van der Waals surface area contributed by atoms with Crippen LogP contribution in [0.2, 0.25) is 0 Å². The first-order chi connectivity index (χ1) is 13.8. The van der Waals surface area contributed by atoms with E-state index in [1.54, 1.807) is 6.92 Å². The van der Waals surface area contributed by atoms with E-state index in [2.05, 4.69) is 22.1 Å². The highest BCUT2D eigenvalue weighted by atomic mass is 19.4. The largest absolute Gasteiger partial charge is 0.451 e. The zero-order chi connectivity index (χ0) is 20.6. The maximum Gasteiger partial charge on any atom is 0.451 e. The molecule has 4 nitrogen and oxygen atoms in total. The van der Waals surface area contributed by atoms with Gasteiger partial charge in [0.2, 0.25) is 5.82 Å². The van der Waals surface area contributed by atoms with Gasteiger partial charge in [-0.1, -0.05) is 36.4 Å². The predicted octanol–water partition coefficient (Wildman–Crippen LogP) is 3.17. The molecule has 29 heavy (non-hydrogen) atoms. The molecule has 0 saturated carbocycles. The van der Waals surface area contributed by atoms with Crippen LogP contribution in [-0.4, -0.2) is 36.1 Å². The van der Waals surface area contributed by atoms with Crippen molar-refractivity contribution in [2.45, 2.75) is 26.6 Å². The molecule has 0 amide bonds. The average Bonchev–Trinajstić information content (AvgIpc) is 2.68. The number of anilines is 1. The molecule has 0 atom stereocenters. The topological polar surface area (TPSA) is 33.5 Å². The smallest absolute Gasteiger partial charge is 0.345 e. The van der Waals surface area contributed by atoms with Crippen molar-refractivity contribution in [3.05, 3.63) is 65.0 Å². The van der Waals surface area contributed by atoms with Gasteiger partial charge in [-0.05, 0) is 31.0 Å². The first kappa shape index (κ1) is 19.6. The van der Waals surface area contributed by atoms with Gasteiger partial charge >= 0.3 is 6.18 Å². The summed E-state index contributed by atoms with van der Waals surface area (Å²) in [6.45, 7) is 7.70. The summed E-state index contributed by atoms with van der Waals surface area (Å²) >= 11 is 0. The fourth-order valence-corrected chi connectivity index (χ4v) is 4.03. The molecule has 2 heterocycles. The normalized spacial score (nSPS) is 15.8. The molecular weight excluding hydrogens is 377 g/mol. The van der Waals surface area contributed by atoms with Crippen molar-refractivity contribution in [2.24, 2.45) is 0 Å². The van der Waals surface area contributed by atoms with Crippen LogP contribution in [0.25, 0.3) is 10.9 Å². The van der Waals surface area contributed by atoms with Crippen molar-refractivity contribution in [2.75, 3.05) is 31.1 Å². The van der Waals surface area contributed by atoms with Crippen molar-refractivity contribution >= 4 is 16.7 Å². The summed E-state index contributed by atoms with van der Waals surface area (Å²) in [5.74, 6) is -0.668. The van der Waals surface area contributed by atoms with E-state index in [1.165, 1.54) is 10.5 Å². The lowest BCUT2D eigenvalue weighted by Gasteiger charge is -2.33. The minimum Gasteiger partial charge on any atom is -0.345 e. The van der Waals surface area contributed by atoms with Crippen LogP contribution in [0.1, 0.15) is 22.5 Å². The number of alkyl halides is 3. The molecule has 3 aromatic rings. The van der Waals surface area contributed by atoms with Crippen LogP contribution in [0, 0.1) is 13.8 Å². The minimum absolute atomic E-state index is 0.381. The molecule has 1 saturated heterocycles. The Balaban J connectivity index is 1.63. The highest BCUT2D eigenvalue weighted by Gasteiger charge is 2.36. The number of fused-ring (bicyclic) bond motifs is 1. The third-order valence-corrected chi connectivity index (χ3v) is 5.44. The molecule has 1 N–H and O–H groups in total. The van der Waals surface area contributed by atoms with Gasteiger partial charge in [-0.2, -0.15) is 13.2 Å². The minimum atomic E-state index is -4.57. The van der Waals surface area contributed by atoms with Gasteiger partial charge in [0.05, 0.1) is 31.7 Å². The predicted molar refractivity (Wildman–Crippen MR) is 107 cm³/mol. The second-order valence-corrected chi connectivity index (χ2v) is 7.75. The first-order valence-corrected chi connectivity index (χ1v) is 9.80. The molecule has 1 aliphatic heterocycles. The van der Waals surface area contributed by atoms with Gasteiger partial charge in [0, 0.05) is 10.9 Å². The van der Waals surface area contributed by atoms with Crippen LogP contribution in [0.15, 0.2) is 42.5 Å². The summed E-state index contributed by atoms with van der Waals surface area (Å²) in [5.41, 5.74) is 3.39. The average molecular weight is 401 g/mol. The number of aryl methyl sites for hydroxylation is 2. The molecule has 1 aromatic heterocycles. The summed E-state index contributed by atoms with van der Waals surface area (Å²) in [4.78, 5) is 11.2. The maximum atomic E-state index is 13.4. The van der Waals surface area contributed by atoms with E-state index in [9.17, 15) is 13.2 Å². The summed E-state index contributed by atoms with van der Waals surface area (Å²) in [5, 5.41) is 0.696. The Kier molecular flexibility index (Phi) is 5.17. The third kappa shape index (κ3) is 4.19. The van der Waals surface area contributed by atoms with Gasteiger partial charge in [-0.25, -0.2) is 9.97 Å². The van der Waals surface area contributed by atoms with Gasteiger partial charge < -0.3 is 9.80 Å². The number of hydrogen-bond acceptors (Lipinski definition) is 3. The molecule has 2 aromatic carbocycles. The molecule has 1 aliphatic rings. The number of aromatic nitrogens is 2. The second kappa shape index (κ2) is 7.63. The van der Waals surface area contributed by atoms with Crippen LogP contribution < -0.4 is 9.80 Å². The number of hydrogen-bond donors (Lipinski definition) is 1. The van der Waals surface area contributed by atoms with Crippen molar-refractivity contribution in [1.82, 2.24) is 9.97 Å². The molecular formula is C22H24F3N4+. The highest BCUT2D eigenvalue weighted by Crippen LogP contribution is 2.33. The van der Waals surface area contributed by atoms with Crippen LogP contribution in [0.4, 0.5) is 19.0 Å². The molecule has 7 heteroatoms. The lowest BCUT2D eigenvalue weighted by atomic mass is 10.1. The molecule has 4 rings (SSSR count). The fourth-order valence-electron chi connectivity index (χ4n) is 4.03. The Bertz CT molecular complexity index is 1010. The fraction of sp³-hybridized carbons (Fsp3) is 0.364. The van der Waals surface area contributed by atoms with Gasteiger partial charge in [-0.15, -0.1) is 0 Å². The standard InChI is InChI=1S/C22H23F3N4/c1-15-12-16(2)19-18(13-15)20(27-21(26-19)22(23,24)25)29-10-8-28(9-11-29)14-17-6-4-3-5-7-17/h3-7,12-13H,8-11,14H2,1-2H3/p+1. The Morgan fingerprint density at radius 3 is 2.34 bits per heavy atom. The summed E-state index contributed by atoms with van der Waals surface area (Å²) in [6.07, 6.45) is -4.57. The Morgan fingerprint density at radius 2 is 1.69 bits per heavy atom. The van der Waals surface area contributed by atoms with Crippen molar-refractivity contribution in [1.29, 1.82) is 0 Å². The number of benzene rings is 2. The molecule has 1 fully saturated rings. The number of nitrogens with zero attached hydrogens (tertiary/aromatic N) is 3. The van der Waals surface area contributed by atoms with Gasteiger partial charge in [0.1, 0.15) is 12.4 Å². The zero-order valence-electron chi connectivity index (χ0n) is 16.6. The molecule has 152 valence electrons. The van der Waals surface area contributed by atoms with Gasteiger partial charge in [-0.3, -0.25) is 0 Å². The molecule has 0 spiro atoms. The molecule has 0 radical (unpaired) electrons. The Morgan fingerprint density at radius 1 is 1.00 bits per heavy atom. The van der Waals surface area contributed by atoms with Crippen LogP contribution in [0.5, 0.6) is 0 Å². The molecule has 0 unspecified atom stereocenters. The Hall–Kier alpha value is -2.67. The summed E-state index contributed by atoms with van der Waals surface area (Å²) in [7, 11) is 0. The maximum absolute atomic E-state index is 13.4. The van der Waals surface area contributed by atoms with Crippen LogP contribution in [0.3, 0.4) is 0 Å². The van der Waals surface area contributed by atoms with E-state index in [0.717, 1.165) is 30.8 Å². The number of quaternary nitrogens is 1. The van der Waals surface area contributed by atoms with Gasteiger partial charge in [0.25, 0.3) is 0 Å². The van der Waals surface area contributed by atoms with E-state index < -0.39 is 12.0 Å². The molecule has 0 bridgehead atoms. The first-order valence-electron chi connectivity index (χ1n) is 9.80. The zero-order valence-corrected chi connectivity index (χ0v) is 16.6. The lowest BCUT2D eigenvalue weighted by Crippen LogP contribution is -3.13. The van der Waals surface area contributed by atoms with E-state index in [4.69, 9.17) is 0 Å². The third-order valence-electron chi connectivity index (χ3n) is 5.44. The SMILES string of the molecule is Cc1cc(C)c2nc(C(F)(F)F)nc(N3CC[NH+](Cc4ccccc4)CC3)c2c1. The number of halogens is 3. The Labute approximate surface area is 168 Å². The van der Waals surface area contributed by atoms with E-state index in [0.29, 0.717) is 29.8 Å². The van der Waals surface area contributed by atoms with E-state index in [1.807, 2.05) is 42.2 Å². The van der Waals surface area contributed by atoms with Crippen molar-refractivity contribution < 1.29 is 18.1 Å². The van der Waals surface area contributed by atoms with Crippen molar-refractivity contribution in [3.8, 4) is 0 Å². The monoisotopic (exact) mass is 401 g/mol. The van der Waals surface area contributed by atoms with E-state index >= 15 is 0 Å². The van der Waals surface area contributed by atoms with Crippen molar-refractivity contribution in [3.63, 3.8) is 0 Å². The molecule has 0 aliphatic carbocycles. The van der Waals surface area contributed by atoms with Gasteiger partial charge in [0.15, 0.2) is 0 Å². The number of piperazine rings is 1. The highest BCUT2D eigenvalue weighted by molar-refractivity contribution is 5.92. The van der Waals surface area contributed by atoms with Crippen LogP contribution >= 0.6 is 0 Å². The number of rotatable bonds is 3. The quantitative estimate of drug-likeness (QED) is 0.732.